The summed E-state index contributed by atoms with van der Waals surface area (Å²) in [7, 11) is 1.45. The van der Waals surface area contributed by atoms with Crippen LogP contribution in [0, 0.1) is 18.3 Å². The number of halogens is 1. The first-order chi connectivity index (χ1) is 9.57. The van der Waals surface area contributed by atoms with Gasteiger partial charge in [-0.1, -0.05) is 32.4 Å². The Morgan fingerprint density at radius 3 is 2.33 bits per heavy atom. The lowest BCUT2D eigenvalue weighted by atomic mass is 9.80. The molecule has 0 spiro atoms. The molecular weight excluding hydrogens is 294 g/mol. The lowest BCUT2D eigenvalue weighted by Crippen LogP contribution is -2.39. The van der Waals surface area contributed by atoms with E-state index in [0.717, 1.165) is 5.56 Å². The molecule has 21 heavy (non-hydrogen) atoms. The minimum absolute atomic E-state index is 0.386. The van der Waals surface area contributed by atoms with E-state index in [0.29, 0.717) is 16.5 Å². The number of hydrogen-bond acceptors (Lipinski definition) is 3. The number of ether oxygens (including phenoxy) is 1. The van der Waals surface area contributed by atoms with Crippen molar-refractivity contribution in [3.8, 4) is 5.75 Å². The average Bonchev–Trinajstić information content (AvgIpc) is 2.30. The molecule has 1 unspecified atom stereocenters. The van der Waals surface area contributed by atoms with E-state index in [2.05, 4.69) is 5.32 Å². The van der Waals surface area contributed by atoms with Gasteiger partial charge in [-0.2, -0.15) is 0 Å². The summed E-state index contributed by atoms with van der Waals surface area (Å²) in [5.74, 6) is -2.53. The maximum Gasteiger partial charge on any atom is 0.316 e. The third-order valence-electron chi connectivity index (χ3n) is 3.11. The van der Waals surface area contributed by atoms with Gasteiger partial charge in [-0.25, -0.2) is 0 Å². The molecule has 1 aromatic rings. The van der Waals surface area contributed by atoms with E-state index in [1.807, 2.05) is 0 Å². The van der Waals surface area contributed by atoms with Gasteiger partial charge >= 0.3 is 5.97 Å². The van der Waals surface area contributed by atoms with Crippen LogP contribution in [0.15, 0.2) is 12.1 Å². The smallest absolute Gasteiger partial charge is 0.316 e. The fraction of sp³-hybridized carbons (Fsp3) is 0.467. The Morgan fingerprint density at radius 1 is 1.33 bits per heavy atom. The van der Waals surface area contributed by atoms with Gasteiger partial charge in [0.05, 0.1) is 12.8 Å². The van der Waals surface area contributed by atoms with Crippen LogP contribution < -0.4 is 10.1 Å². The Labute approximate surface area is 129 Å². The number of carbonyl (C=O) groups excluding carboxylic acids is 1. The number of hydrogen-bond donors (Lipinski definition) is 2. The highest BCUT2D eigenvalue weighted by molar-refractivity contribution is 6.31. The number of methoxy groups -OCH3 is 1. The van der Waals surface area contributed by atoms with Gasteiger partial charge in [-0.3, -0.25) is 9.59 Å². The lowest BCUT2D eigenvalue weighted by Gasteiger charge is -2.26. The molecule has 0 saturated heterocycles. The van der Waals surface area contributed by atoms with E-state index in [1.165, 1.54) is 7.11 Å². The third kappa shape index (κ3) is 4.11. The quantitative estimate of drug-likeness (QED) is 0.836. The van der Waals surface area contributed by atoms with Crippen LogP contribution in [-0.4, -0.2) is 24.1 Å². The summed E-state index contributed by atoms with van der Waals surface area (Å²) in [6.07, 6.45) is 0. The van der Waals surface area contributed by atoms with E-state index >= 15 is 0 Å². The lowest BCUT2D eigenvalue weighted by molar-refractivity contribution is -0.149. The molecule has 0 aromatic heterocycles. The van der Waals surface area contributed by atoms with Crippen molar-refractivity contribution in [2.75, 3.05) is 12.4 Å². The van der Waals surface area contributed by atoms with Crippen LogP contribution >= 0.6 is 11.6 Å². The first-order valence-electron chi connectivity index (χ1n) is 6.45. The molecule has 6 heteroatoms. The monoisotopic (exact) mass is 313 g/mol. The number of aryl methyl sites for hydroxylation is 1. The highest BCUT2D eigenvalue weighted by atomic mass is 35.5. The van der Waals surface area contributed by atoms with Crippen LogP contribution in [0.2, 0.25) is 5.02 Å². The van der Waals surface area contributed by atoms with Gasteiger partial charge in [0.25, 0.3) is 0 Å². The summed E-state index contributed by atoms with van der Waals surface area (Å²) in [5, 5.41) is 12.4. The molecule has 1 aromatic carbocycles. The van der Waals surface area contributed by atoms with Gasteiger partial charge in [0.15, 0.2) is 0 Å². The van der Waals surface area contributed by atoms with E-state index in [9.17, 15) is 14.7 Å². The Balaban J connectivity index is 3.13. The molecule has 0 aliphatic carbocycles. The van der Waals surface area contributed by atoms with Crippen molar-refractivity contribution in [1.29, 1.82) is 0 Å². The van der Waals surface area contributed by atoms with Crippen molar-refractivity contribution in [1.82, 2.24) is 0 Å². The SMILES string of the molecule is COc1cc(Cl)c(C)cc1NC(=O)C(C(=O)O)C(C)(C)C. The molecule has 0 aliphatic heterocycles. The average molecular weight is 314 g/mol. The van der Waals surface area contributed by atoms with Crippen LogP contribution in [0.25, 0.3) is 0 Å². The summed E-state index contributed by atoms with van der Waals surface area (Å²) in [6, 6.07) is 3.24. The summed E-state index contributed by atoms with van der Waals surface area (Å²) >= 11 is 6.00. The van der Waals surface area contributed by atoms with Crippen LogP contribution in [-0.2, 0) is 9.59 Å². The summed E-state index contributed by atoms with van der Waals surface area (Å²) in [6.45, 7) is 6.90. The summed E-state index contributed by atoms with van der Waals surface area (Å²) in [4.78, 5) is 23.6. The zero-order valence-electron chi connectivity index (χ0n) is 12.8. The zero-order valence-corrected chi connectivity index (χ0v) is 13.5. The van der Waals surface area contributed by atoms with Crippen molar-refractivity contribution in [3.63, 3.8) is 0 Å². The second-order valence-corrected chi connectivity index (χ2v) is 6.34. The first kappa shape index (κ1) is 17.3. The molecule has 5 nitrogen and oxygen atoms in total. The molecule has 1 amide bonds. The normalized spacial score (nSPS) is 12.7. The van der Waals surface area contributed by atoms with Crippen LogP contribution in [0.4, 0.5) is 5.69 Å². The Hall–Kier alpha value is -1.75. The molecule has 2 N–H and O–H groups in total. The third-order valence-corrected chi connectivity index (χ3v) is 3.52. The Bertz CT molecular complexity index is 564. The largest absolute Gasteiger partial charge is 0.495 e. The molecule has 1 rings (SSSR count). The number of aliphatic carboxylic acids is 1. The van der Waals surface area contributed by atoms with Gasteiger partial charge < -0.3 is 15.2 Å². The van der Waals surface area contributed by atoms with Crippen LogP contribution in [0.1, 0.15) is 26.3 Å². The Morgan fingerprint density at radius 2 is 1.90 bits per heavy atom. The van der Waals surface area contributed by atoms with E-state index in [-0.39, 0.29) is 0 Å². The molecule has 0 aliphatic rings. The van der Waals surface area contributed by atoms with E-state index in [1.54, 1.807) is 39.8 Å². The van der Waals surface area contributed by atoms with Gasteiger partial charge in [0, 0.05) is 11.1 Å². The number of nitrogens with one attached hydrogen (secondary N) is 1. The molecule has 116 valence electrons. The van der Waals surface area contributed by atoms with Crippen LogP contribution in [0.5, 0.6) is 5.75 Å². The van der Waals surface area contributed by atoms with Gasteiger partial charge in [-0.05, 0) is 24.0 Å². The number of carboxylic acid groups (broad SMARTS) is 1. The second kappa shape index (κ2) is 6.35. The predicted molar refractivity (Wildman–Crippen MR) is 82.0 cm³/mol. The fourth-order valence-corrected chi connectivity index (χ4v) is 2.16. The maximum atomic E-state index is 12.3. The summed E-state index contributed by atoms with van der Waals surface area (Å²) in [5.41, 5.74) is 0.459. The molecule has 0 saturated carbocycles. The predicted octanol–water partition coefficient (Wildman–Crippen LogP) is 3.34. The molecule has 1 atom stereocenters. The Kier molecular flexibility index (Phi) is 5.23. The number of anilines is 1. The van der Waals surface area contributed by atoms with Crippen molar-refractivity contribution in [2.45, 2.75) is 27.7 Å². The number of rotatable bonds is 4. The fourth-order valence-electron chi connectivity index (χ4n) is 2.01. The second-order valence-electron chi connectivity index (χ2n) is 5.93. The minimum atomic E-state index is -1.17. The van der Waals surface area contributed by atoms with Gasteiger partial charge in [0.2, 0.25) is 5.91 Å². The highest BCUT2D eigenvalue weighted by Gasteiger charge is 2.38. The van der Waals surface area contributed by atoms with E-state index in [4.69, 9.17) is 16.3 Å². The van der Waals surface area contributed by atoms with Crippen molar-refractivity contribution in [3.05, 3.63) is 22.7 Å². The zero-order chi connectivity index (χ0) is 16.4. The van der Waals surface area contributed by atoms with Crippen molar-refractivity contribution < 1.29 is 19.4 Å². The highest BCUT2D eigenvalue weighted by Crippen LogP contribution is 2.33. The molecule has 0 radical (unpaired) electrons. The summed E-state index contributed by atoms with van der Waals surface area (Å²) < 4.78 is 5.16. The van der Waals surface area contributed by atoms with Gasteiger partial charge in [-0.15, -0.1) is 0 Å². The number of carboxylic acids is 1. The molecule has 0 heterocycles. The molecule has 0 fully saturated rings. The number of amides is 1. The van der Waals surface area contributed by atoms with Crippen molar-refractivity contribution in [2.24, 2.45) is 11.3 Å². The van der Waals surface area contributed by atoms with Crippen LogP contribution in [0.3, 0.4) is 0 Å². The van der Waals surface area contributed by atoms with Crippen molar-refractivity contribution >= 4 is 29.2 Å². The van der Waals surface area contributed by atoms with E-state index < -0.39 is 23.2 Å². The maximum absolute atomic E-state index is 12.3. The molecule has 0 bridgehead atoms. The number of carbonyl (C=O) groups is 2. The topological polar surface area (TPSA) is 75.6 Å². The minimum Gasteiger partial charge on any atom is -0.495 e. The molecular formula is C15H20ClNO4. The number of benzene rings is 1. The first-order valence-corrected chi connectivity index (χ1v) is 6.83. The van der Waals surface area contributed by atoms with Gasteiger partial charge in [0.1, 0.15) is 11.7 Å². The standard InChI is InChI=1S/C15H20ClNO4/c1-8-6-10(11(21-5)7-9(8)16)17-13(18)12(14(19)20)15(2,3)4/h6-7,12H,1-5H3,(H,17,18)(H,19,20).